The summed E-state index contributed by atoms with van der Waals surface area (Å²) < 4.78 is 6.91. The summed E-state index contributed by atoms with van der Waals surface area (Å²) in [7, 11) is 1.73. The molecule has 6 nitrogen and oxygen atoms in total. The predicted octanol–water partition coefficient (Wildman–Crippen LogP) is 2.14. The molecule has 2 heterocycles. The number of nitrogens with zero attached hydrogens (tertiary/aromatic N) is 3. The van der Waals surface area contributed by atoms with Gasteiger partial charge in [-0.15, -0.1) is 0 Å². The Morgan fingerprint density at radius 1 is 1.42 bits per heavy atom. The Labute approximate surface area is 112 Å². The lowest BCUT2D eigenvalue weighted by Crippen LogP contribution is -2.37. The van der Waals surface area contributed by atoms with Crippen LogP contribution in [0.25, 0.3) is 0 Å². The van der Waals surface area contributed by atoms with Crippen LogP contribution in [0.2, 0.25) is 0 Å². The number of anilines is 1. The molecule has 1 aliphatic heterocycles. The van der Waals surface area contributed by atoms with Crippen LogP contribution in [-0.2, 0) is 11.8 Å². The molecular formula is C13H19N3O3. The number of rotatable bonds is 0. The van der Waals surface area contributed by atoms with Crippen LogP contribution in [0.3, 0.4) is 0 Å². The van der Waals surface area contributed by atoms with Crippen molar-refractivity contribution >= 4 is 17.7 Å². The minimum absolute atomic E-state index is 0.0224. The van der Waals surface area contributed by atoms with Crippen LogP contribution in [0.15, 0.2) is 6.20 Å². The lowest BCUT2D eigenvalue weighted by Gasteiger charge is -2.25. The predicted molar refractivity (Wildman–Crippen MR) is 70.4 cm³/mol. The summed E-state index contributed by atoms with van der Waals surface area (Å²) in [5.41, 5.74) is -0.0756. The topological polar surface area (TPSA) is 64.4 Å². The van der Waals surface area contributed by atoms with Crippen molar-refractivity contribution in [3.8, 4) is 0 Å². The summed E-state index contributed by atoms with van der Waals surface area (Å²) in [5.74, 6) is 0.424. The van der Waals surface area contributed by atoms with Crippen LogP contribution in [-0.4, -0.2) is 33.8 Å². The van der Waals surface area contributed by atoms with Gasteiger partial charge in [0.1, 0.15) is 5.60 Å². The molecule has 0 aliphatic carbocycles. The van der Waals surface area contributed by atoms with E-state index in [0.717, 1.165) is 0 Å². The minimum atomic E-state index is -0.567. The molecule has 0 bridgehead atoms. The zero-order valence-electron chi connectivity index (χ0n) is 11.8. The fourth-order valence-electron chi connectivity index (χ4n) is 2.01. The van der Waals surface area contributed by atoms with Crippen molar-refractivity contribution in [2.24, 2.45) is 7.05 Å². The normalized spacial score (nSPS) is 16.0. The molecule has 0 saturated carbocycles. The Kier molecular flexibility index (Phi) is 3.34. The number of ketones is 1. The maximum Gasteiger partial charge on any atom is 0.416 e. The van der Waals surface area contributed by atoms with Gasteiger partial charge in [-0.1, -0.05) is 0 Å². The Bertz CT molecular complexity index is 514. The lowest BCUT2D eigenvalue weighted by atomic mass is 10.1. The zero-order valence-corrected chi connectivity index (χ0v) is 11.8. The molecule has 1 aromatic heterocycles. The van der Waals surface area contributed by atoms with Crippen LogP contribution in [0.5, 0.6) is 0 Å². The first-order valence-corrected chi connectivity index (χ1v) is 6.35. The molecule has 2 rings (SSSR count). The van der Waals surface area contributed by atoms with Gasteiger partial charge < -0.3 is 4.74 Å². The summed E-state index contributed by atoms with van der Waals surface area (Å²) in [6.45, 7) is 5.89. The molecule has 0 aromatic carbocycles. The number of amides is 1. The molecule has 0 atom stereocenters. The third-order valence-electron chi connectivity index (χ3n) is 2.76. The molecule has 1 aromatic rings. The molecule has 1 amide bonds. The fraction of sp³-hybridized carbons (Fsp3) is 0.615. The molecule has 19 heavy (non-hydrogen) atoms. The Morgan fingerprint density at radius 2 is 2.11 bits per heavy atom. The van der Waals surface area contributed by atoms with E-state index in [9.17, 15) is 9.59 Å². The first-order valence-electron chi connectivity index (χ1n) is 6.35. The van der Waals surface area contributed by atoms with E-state index in [4.69, 9.17) is 4.74 Å². The van der Waals surface area contributed by atoms with E-state index in [0.29, 0.717) is 30.8 Å². The Morgan fingerprint density at radius 3 is 2.74 bits per heavy atom. The quantitative estimate of drug-likeness (QED) is 0.721. The maximum absolute atomic E-state index is 12.2. The third-order valence-corrected chi connectivity index (χ3v) is 2.76. The summed E-state index contributed by atoms with van der Waals surface area (Å²) in [4.78, 5) is 25.6. The molecule has 0 unspecified atom stereocenters. The number of hydrogen-bond acceptors (Lipinski definition) is 4. The number of carbonyl (C=O) groups is 2. The van der Waals surface area contributed by atoms with Gasteiger partial charge in [0.15, 0.2) is 11.6 Å². The van der Waals surface area contributed by atoms with Crippen LogP contribution in [0, 0.1) is 0 Å². The smallest absolute Gasteiger partial charge is 0.416 e. The molecule has 0 fully saturated rings. The van der Waals surface area contributed by atoms with Crippen molar-refractivity contribution < 1.29 is 14.3 Å². The van der Waals surface area contributed by atoms with E-state index in [1.807, 2.05) is 20.8 Å². The van der Waals surface area contributed by atoms with Crippen molar-refractivity contribution in [1.82, 2.24) is 9.78 Å². The molecule has 6 heteroatoms. The van der Waals surface area contributed by atoms with Crippen LogP contribution >= 0.6 is 0 Å². The number of hydrogen-bond donors (Lipinski definition) is 0. The average molecular weight is 265 g/mol. The zero-order chi connectivity index (χ0) is 14.2. The van der Waals surface area contributed by atoms with Gasteiger partial charge >= 0.3 is 6.09 Å². The highest BCUT2D eigenvalue weighted by molar-refractivity contribution is 6.04. The Balaban J connectivity index is 2.33. The van der Waals surface area contributed by atoms with E-state index in [-0.39, 0.29) is 5.78 Å². The summed E-state index contributed by atoms with van der Waals surface area (Å²) in [6, 6.07) is 0. The second kappa shape index (κ2) is 4.68. The van der Waals surface area contributed by atoms with Crippen LogP contribution in [0.4, 0.5) is 10.6 Å². The highest BCUT2D eigenvalue weighted by Gasteiger charge is 2.31. The van der Waals surface area contributed by atoms with Gasteiger partial charge in [-0.25, -0.2) is 4.79 Å². The van der Waals surface area contributed by atoms with Crippen molar-refractivity contribution in [3.63, 3.8) is 0 Å². The van der Waals surface area contributed by atoms with E-state index < -0.39 is 11.7 Å². The highest BCUT2D eigenvalue weighted by atomic mass is 16.6. The molecule has 0 spiro atoms. The van der Waals surface area contributed by atoms with Gasteiger partial charge in [0.05, 0.1) is 5.56 Å². The number of aryl methyl sites for hydroxylation is 1. The SMILES string of the molecule is Cn1cc2c(n1)N(C(=O)OC(C)(C)C)CCCC2=O. The largest absolute Gasteiger partial charge is 0.443 e. The fourth-order valence-corrected chi connectivity index (χ4v) is 2.01. The first kappa shape index (κ1) is 13.6. The van der Waals surface area contributed by atoms with Gasteiger partial charge in [0.25, 0.3) is 0 Å². The third kappa shape index (κ3) is 2.94. The minimum Gasteiger partial charge on any atom is -0.443 e. The Hall–Kier alpha value is -1.85. The maximum atomic E-state index is 12.2. The standard InChI is InChI=1S/C13H19N3O3/c1-13(2,3)19-12(18)16-7-5-6-10(17)9-8-15(4)14-11(9)16/h8H,5-7H2,1-4H3. The molecular weight excluding hydrogens is 246 g/mol. The van der Waals surface area contributed by atoms with Gasteiger partial charge in [0.2, 0.25) is 0 Å². The monoisotopic (exact) mass is 265 g/mol. The number of carbonyl (C=O) groups excluding carboxylic acids is 2. The summed E-state index contributed by atoms with van der Waals surface area (Å²) in [6.07, 6.45) is 2.25. The van der Waals surface area contributed by atoms with Gasteiger partial charge in [-0.2, -0.15) is 5.10 Å². The molecule has 0 radical (unpaired) electrons. The van der Waals surface area contributed by atoms with E-state index in [1.54, 1.807) is 17.9 Å². The number of fused-ring (bicyclic) bond motifs is 1. The summed E-state index contributed by atoms with van der Waals surface area (Å²) in [5, 5.41) is 4.22. The van der Waals surface area contributed by atoms with Gasteiger partial charge in [0, 0.05) is 26.2 Å². The van der Waals surface area contributed by atoms with E-state index >= 15 is 0 Å². The number of aromatic nitrogens is 2. The van der Waals surface area contributed by atoms with E-state index in [1.165, 1.54) is 4.90 Å². The number of Topliss-reactive ketones (excluding diaryl/α,β-unsaturated/α-hetero) is 1. The van der Waals surface area contributed by atoms with E-state index in [2.05, 4.69) is 5.10 Å². The highest BCUT2D eigenvalue weighted by Crippen LogP contribution is 2.26. The van der Waals surface area contributed by atoms with Crippen LogP contribution < -0.4 is 4.90 Å². The number of ether oxygens (including phenoxy) is 1. The molecule has 104 valence electrons. The molecule has 1 aliphatic rings. The lowest BCUT2D eigenvalue weighted by molar-refractivity contribution is 0.0578. The average Bonchev–Trinajstić information content (AvgIpc) is 2.56. The first-order chi connectivity index (χ1) is 8.78. The van der Waals surface area contributed by atoms with Gasteiger partial charge in [-0.3, -0.25) is 14.4 Å². The molecule has 0 saturated heterocycles. The van der Waals surface area contributed by atoms with Crippen molar-refractivity contribution in [1.29, 1.82) is 0 Å². The second-order valence-corrected chi connectivity index (χ2v) is 5.70. The van der Waals surface area contributed by atoms with Gasteiger partial charge in [-0.05, 0) is 27.2 Å². The van der Waals surface area contributed by atoms with Crippen molar-refractivity contribution in [2.75, 3.05) is 11.4 Å². The summed E-state index contributed by atoms with van der Waals surface area (Å²) >= 11 is 0. The van der Waals surface area contributed by atoms with Crippen molar-refractivity contribution in [3.05, 3.63) is 11.8 Å². The second-order valence-electron chi connectivity index (χ2n) is 5.70. The van der Waals surface area contributed by atoms with Crippen molar-refractivity contribution in [2.45, 2.75) is 39.2 Å². The molecule has 0 N–H and O–H groups in total. The van der Waals surface area contributed by atoms with Crippen LogP contribution in [0.1, 0.15) is 44.0 Å².